The standard InChI is InChI=1S/C28H36O7/c1-5-6-7-8-9-15(2)26(32)24-25-19-14-34-21(23-16(3)10-18(29)13-20(23)30)11-17(19)12-22(31)28(25,4)35-27(24)33/h11-12,14-16,18,23-25,29H,5-10,13H2,1-4H3/t15-,16+,18-,23-,24-,25+,28-/m0/s1. The minimum atomic E-state index is -1.46. The van der Waals surface area contributed by atoms with Crippen LogP contribution < -0.4 is 0 Å². The Morgan fingerprint density at radius 2 is 1.94 bits per heavy atom. The van der Waals surface area contributed by atoms with Crippen LogP contribution in [0, 0.1) is 29.6 Å². The highest BCUT2D eigenvalue weighted by atomic mass is 16.6. The Labute approximate surface area is 206 Å². The molecule has 1 N–H and O–H groups in total. The Kier molecular flexibility index (Phi) is 7.18. The molecule has 2 fully saturated rings. The maximum absolute atomic E-state index is 13.4. The van der Waals surface area contributed by atoms with Crippen LogP contribution in [0.3, 0.4) is 0 Å². The number of rotatable bonds is 8. The largest absolute Gasteiger partial charge is 0.468 e. The molecule has 2 aliphatic heterocycles. The van der Waals surface area contributed by atoms with E-state index in [1.807, 2.05) is 13.8 Å². The van der Waals surface area contributed by atoms with E-state index >= 15 is 0 Å². The average molecular weight is 485 g/mol. The topological polar surface area (TPSA) is 107 Å². The Hall–Kier alpha value is -2.54. The van der Waals surface area contributed by atoms with Gasteiger partial charge in [0, 0.05) is 17.9 Å². The lowest BCUT2D eigenvalue weighted by atomic mass is 9.66. The summed E-state index contributed by atoms with van der Waals surface area (Å²) in [7, 11) is 0. The van der Waals surface area contributed by atoms with Crippen LogP contribution in [-0.4, -0.2) is 40.1 Å². The Morgan fingerprint density at radius 3 is 2.63 bits per heavy atom. The number of hydrogen-bond acceptors (Lipinski definition) is 7. The fraction of sp³-hybridized carbons (Fsp3) is 0.643. The van der Waals surface area contributed by atoms with Crippen LogP contribution in [0.1, 0.15) is 72.6 Å². The van der Waals surface area contributed by atoms with Gasteiger partial charge in [0.1, 0.15) is 17.5 Å². The summed E-state index contributed by atoms with van der Waals surface area (Å²) in [5.41, 5.74) is -0.327. The third kappa shape index (κ3) is 4.55. The summed E-state index contributed by atoms with van der Waals surface area (Å²) < 4.78 is 11.5. The first-order chi connectivity index (χ1) is 16.6. The molecule has 190 valence electrons. The lowest BCUT2D eigenvalue weighted by Gasteiger charge is -2.38. The van der Waals surface area contributed by atoms with E-state index in [2.05, 4.69) is 6.92 Å². The van der Waals surface area contributed by atoms with Crippen LogP contribution in [-0.2, 0) is 28.7 Å². The number of fused-ring (bicyclic) bond motifs is 3. The van der Waals surface area contributed by atoms with Gasteiger partial charge in [0.15, 0.2) is 17.2 Å². The zero-order valence-electron chi connectivity index (χ0n) is 21.0. The molecule has 35 heavy (non-hydrogen) atoms. The zero-order valence-corrected chi connectivity index (χ0v) is 21.0. The minimum absolute atomic E-state index is 0.0695. The second kappa shape index (κ2) is 9.84. The quantitative estimate of drug-likeness (QED) is 0.315. The van der Waals surface area contributed by atoms with Crippen molar-refractivity contribution in [3.63, 3.8) is 0 Å². The number of carbonyl (C=O) groups is 4. The fourth-order valence-electron chi connectivity index (χ4n) is 6.14. The molecule has 0 unspecified atom stereocenters. The Bertz CT molecular complexity index is 1020. The van der Waals surface area contributed by atoms with Gasteiger partial charge in [-0.15, -0.1) is 0 Å². The number of allylic oxidation sites excluding steroid dienone is 3. The number of Topliss-reactive ketones (excluding diaryl/α,β-unsaturated/α-hetero) is 2. The van der Waals surface area contributed by atoms with Gasteiger partial charge in [-0.2, -0.15) is 0 Å². The zero-order chi connectivity index (χ0) is 25.5. The molecular weight excluding hydrogens is 448 g/mol. The third-order valence-corrected chi connectivity index (χ3v) is 8.14. The Morgan fingerprint density at radius 1 is 1.20 bits per heavy atom. The number of aliphatic hydroxyl groups excluding tert-OH is 1. The molecule has 0 aromatic rings. The van der Waals surface area contributed by atoms with E-state index in [9.17, 15) is 24.3 Å². The van der Waals surface area contributed by atoms with E-state index in [1.165, 1.54) is 12.3 Å². The second-order valence-electron chi connectivity index (χ2n) is 10.9. The molecule has 4 aliphatic rings. The van der Waals surface area contributed by atoms with Gasteiger partial charge < -0.3 is 14.6 Å². The molecule has 7 nitrogen and oxygen atoms in total. The highest BCUT2D eigenvalue weighted by molar-refractivity contribution is 6.10. The second-order valence-corrected chi connectivity index (χ2v) is 10.9. The number of hydrogen-bond donors (Lipinski definition) is 1. The third-order valence-electron chi connectivity index (χ3n) is 8.14. The van der Waals surface area contributed by atoms with E-state index in [0.717, 1.165) is 25.7 Å². The normalized spacial score (nSPS) is 35.2. The van der Waals surface area contributed by atoms with E-state index in [-0.39, 0.29) is 35.6 Å². The first-order valence-corrected chi connectivity index (χ1v) is 12.9. The van der Waals surface area contributed by atoms with Crippen LogP contribution in [0.2, 0.25) is 0 Å². The predicted molar refractivity (Wildman–Crippen MR) is 128 cm³/mol. The van der Waals surface area contributed by atoms with Gasteiger partial charge in [0.2, 0.25) is 0 Å². The van der Waals surface area contributed by atoms with E-state index < -0.39 is 35.4 Å². The van der Waals surface area contributed by atoms with Gasteiger partial charge in [0.25, 0.3) is 0 Å². The SMILES string of the molecule is CCCCCC[C@H](C)C(=O)[C@H]1C(=O)O[C@@]2(C)C(=O)C=C3C=C([C@@H]4C(=O)C[C@@H](O)C[C@H]4C)OC=C3[C@H]12. The van der Waals surface area contributed by atoms with Crippen LogP contribution in [0.25, 0.3) is 0 Å². The summed E-state index contributed by atoms with van der Waals surface area (Å²) in [6, 6.07) is 0. The lowest BCUT2D eigenvalue weighted by molar-refractivity contribution is -0.156. The Balaban J connectivity index is 1.60. The molecule has 7 atom stereocenters. The summed E-state index contributed by atoms with van der Waals surface area (Å²) in [5.74, 6) is -3.68. The molecule has 0 aromatic carbocycles. The number of ketones is 3. The summed E-state index contributed by atoms with van der Waals surface area (Å²) in [6.07, 6.45) is 9.34. The number of unbranched alkanes of at least 4 members (excludes halogenated alkanes) is 3. The summed E-state index contributed by atoms with van der Waals surface area (Å²) in [4.78, 5) is 52.2. The molecule has 1 saturated carbocycles. The van der Waals surface area contributed by atoms with Crippen molar-refractivity contribution < 1.29 is 33.8 Å². The molecule has 0 spiro atoms. The first-order valence-electron chi connectivity index (χ1n) is 12.9. The first kappa shape index (κ1) is 25.5. The molecule has 7 heteroatoms. The van der Waals surface area contributed by atoms with Crippen LogP contribution in [0.15, 0.2) is 35.3 Å². The predicted octanol–water partition coefficient (Wildman–Crippen LogP) is 3.99. The van der Waals surface area contributed by atoms with Crippen molar-refractivity contribution in [1.29, 1.82) is 0 Å². The van der Waals surface area contributed by atoms with E-state index in [1.54, 1.807) is 13.0 Å². The summed E-state index contributed by atoms with van der Waals surface area (Å²) >= 11 is 0. The monoisotopic (exact) mass is 484 g/mol. The smallest absolute Gasteiger partial charge is 0.318 e. The maximum Gasteiger partial charge on any atom is 0.318 e. The maximum atomic E-state index is 13.4. The fourth-order valence-corrected chi connectivity index (χ4v) is 6.14. The van der Waals surface area contributed by atoms with Gasteiger partial charge in [-0.05, 0) is 43.4 Å². The number of ether oxygens (including phenoxy) is 2. The van der Waals surface area contributed by atoms with Crippen molar-refractivity contribution in [2.45, 2.75) is 84.3 Å². The average Bonchev–Trinajstić information content (AvgIpc) is 3.07. The van der Waals surface area contributed by atoms with Crippen LogP contribution in [0.4, 0.5) is 0 Å². The van der Waals surface area contributed by atoms with Gasteiger partial charge >= 0.3 is 5.97 Å². The molecule has 4 rings (SSSR count). The molecular formula is C28H36O7. The van der Waals surface area contributed by atoms with E-state index in [4.69, 9.17) is 9.47 Å². The molecule has 0 radical (unpaired) electrons. The van der Waals surface area contributed by atoms with Gasteiger partial charge in [-0.3, -0.25) is 19.2 Å². The number of esters is 1. The van der Waals surface area contributed by atoms with Crippen molar-refractivity contribution in [2.24, 2.45) is 29.6 Å². The highest BCUT2D eigenvalue weighted by Gasteiger charge is 2.62. The van der Waals surface area contributed by atoms with Crippen LogP contribution >= 0.6 is 0 Å². The van der Waals surface area contributed by atoms with Gasteiger partial charge in [-0.25, -0.2) is 0 Å². The minimum Gasteiger partial charge on any atom is -0.468 e. The molecule has 0 aromatic heterocycles. The van der Waals surface area contributed by atoms with Crippen molar-refractivity contribution >= 4 is 23.3 Å². The van der Waals surface area contributed by atoms with Crippen molar-refractivity contribution in [3.8, 4) is 0 Å². The van der Waals surface area contributed by atoms with Crippen molar-refractivity contribution in [2.75, 3.05) is 0 Å². The highest BCUT2D eigenvalue weighted by Crippen LogP contribution is 2.51. The summed E-state index contributed by atoms with van der Waals surface area (Å²) in [6.45, 7) is 7.43. The van der Waals surface area contributed by atoms with Crippen molar-refractivity contribution in [1.82, 2.24) is 0 Å². The molecule has 1 saturated heterocycles. The van der Waals surface area contributed by atoms with E-state index in [0.29, 0.717) is 29.7 Å². The van der Waals surface area contributed by atoms with Crippen LogP contribution in [0.5, 0.6) is 0 Å². The molecule has 2 aliphatic carbocycles. The number of aliphatic hydroxyl groups is 1. The summed E-state index contributed by atoms with van der Waals surface area (Å²) in [5, 5.41) is 9.92. The molecule has 2 heterocycles. The van der Waals surface area contributed by atoms with Gasteiger partial charge in [-0.1, -0.05) is 46.5 Å². The number of carbonyl (C=O) groups excluding carboxylic acids is 4. The lowest BCUT2D eigenvalue weighted by Crippen LogP contribution is -2.47. The molecule has 0 bridgehead atoms. The van der Waals surface area contributed by atoms with Gasteiger partial charge in [0.05, 0.1) is 24.2 Å². The molecule has 0 amide bonds. The van der Waals surface area contributed by atoms with Crippen molar-refractivity contribution in [3.05, 3.63) is 35.3 Å².